The Morgan fingerprint density at radius 3 is 3.00 bits per heavy atom. The molecule has 1 aromatic rings. The summed E-state index contributed by atoms with van der Waals surface area (Å²) in [5, 5.41) is 0.513. The van der Waals surface area contributed by atoms with Gasteiger partial charge in [0.15, 0.2) is 11.6 Å². The van der Waals surface area contributed by atoms with E-state index in [9.17, 15) is 4.39 Å². The summed E-state index contributed by atoms with van der Waals surface area (Å²) < 4.78 is 14.5. The lowest BCUT2D eigenvalue weighted by Crippen LogP contribution is -2.45. The van der Waals surface area contributed by atoms with Crippen LogP contribution < -0.4 is 4.90 Å². The summed E-state index contributed by atoms with van der Waals surface area (Å²) in [6.07, 6.45) is 1.65. The number of aromatic nitrogens is 1. The molecule has 0 spiro atoms. The van der Waals surface area contributed by atoms with Gasteiger partial charge in [-0.3, -0.25) is 0 Å². The van der Waals surface area contributed by atoms with E-state index in [2.05, 4.69) is 39.7 Å². The molecule has 0 N–H and O–H groups in total. The van der Waals surface area contributed by atoms with Gasteiger partial charge < -0.3 is 4.90 Å². The summed E-state index contributed by atoms with van der Waals surface area (Å²) >= 11 is 5.15. The standard InChI is InChI=1S/C11H14BrFN2S/c1-7-8(2)16-4-3-15(7)11-10(13)5-9(12)6-14-11/h5-8H,3-4H2,1-2H3. The molecular formula is C11H14BrFN2S. The number of pyridine rings is 1. The van der Waals surface area contributed by atoms with Gasteiger partial charge in [-0.15, -0.1) is 0 Å². The SMILES string of the molecule is CC1SCCN(c2ncc(Br)cc2F)C1C. The first-order valence-electron chi connectivity index (χ1n) is 5.29. The first-order valence-corrected chi connectivity index (χ1v) is 7.13. The molecule has 1 aliphatic rings. The molecule has 2 heterocycles. The molecule has 0 aliphatic carbocycles. The minimum atomic E-state index is -0.250. The minimum absolute atomic E-state index is 0.250. The number of anilines is 1. The van der Waals surface area contributed by atoms with Gasteiger partial charge in [0.25, 0.3) is 0 Å². The molecule has 2 nitrogen and oxygen atoms in total. The average molecular weight is 305 g/mol. The van der Waals surface area contributed by atoms with Gasteiger partial charge in [0.2, 0.25) is 0 Å². The highest BCUT2D eigenvalue weighted by Crippen LogP contribution is 2.29. The monoisotopic (exact) mass is 304 g/mol. The Kier molecular flexibility index (Phi) is 3.74. The maximum atomic E-state index is 13.8. The highest BCUT2D eigenvalue weighted by Gasteiger charge is 2.27. The van der Waals surface area contributed by atoms with E-state index in [1.54, 1.807) is 6.20 Å². The largest absolute Gasteiger partial charge is 0.350 e. The fraction of sp³-hybridized carbons (Fsp3) is 0.545. The summed E-state index contributed by atoms with van der Waals surface area (Å²) in [7, 11) is 0. The van der Waals surface area contributed by atoms with Crippen molar-refractivity contribution in [3.05, 3.63) is 22.6 Å². The van der Waals surface area contributed by atoms with Crippen LogP contribution in [0.4, 0.5) is 10.2 Å². The van der Waals surface area contributed by atoms with E-state index in [4.69, 9.17) is 0 Å². The number of halogens is 2. The molecule has 2 unspecified atom stereocenters. The molecule has 1 fully saturated rings. The van der Waals surface area contributed by atoms with Gasteiger partial charge in [0, 0.05) is 34.3 Å². The van der Waals surface area contributed by atoms with Crippen LogP contribution in [0.25, 0.3) is 0 Å². The molecule has 88 valence electrons. The third kappa shape index (κ3) is 2.35. The zero-order valence-electron chi connectivity index (χ0n) is 9.28. The predicted molar refractivity (Wildman–Crippen MR) is 70.6 cm³/mol. The van der Waals surface area contributed by atoms with Crippen LogP contribution >= 0.6 is 27.7 Å². The van der Waals surface area contributed by atoms with Crippen molar-refractivity contribution >= 4 is 33.5 Å². The number of thioether (sulfide) groups is 1. The molecule has 0 amide bonds. The van der Waals surface area contributed by atoms with Gasteiger partial charge >= 0.3 is 0 Å². The molecule has 1 aliphatic heterocycles. The van der Waals surface area contributed by atoms with Crippen LogP contribution in [-0.4, -0.2) is 28.6 Å². The highest BCUT2D eigenvalue weighted by molar-refractivity contribution is 9.10. The summed E-state index contributed by atoms with van der Waals surface area (Å²) in [5.41, 5.74) is 0. The Morgan fingerprint density at radius 1 is 1.56 bits per heavy atom. The first kappa shape index (κ1) is 12.2. The van der Waals surface area contributed by atoms with E-state index < -0.39 is 0 Å². The Morgan fingerprint density at radius 2 is 2.31 bits per heavy atom. The summed E-state index contributed by atoms with van der Waals surface area (Å²) in [6.45, 7) is 5.17. The number of rotatable bonds is 1. The number of nitrogens with zero attached hydrogens (tertiary/aromatic N) is 2. The molecule has 16 heavy (non-hydrogen) atoms. The fourth-order valence-electron chi connectivity index (χ4n) is 1.85. The van der Waals surface area contributed by atoms with Gasteiger partial charge in [0.1, 0.15) is 0 Å². The second-order valence-corrected chi connectivity index (χ2v) is 6.37. The van der Waals surface area contributed by atoms with Crippen LogP contribution in [0.15, 0.2) is 16.7 Å². The quantitative estimate of drug-likeness (QED) is 0.792. The van der Waals surface area contributed by atoms with E-state index in [0.29, 0.717) is 21.6 Å². The van der Waals surface area contributed by atoms with Gasteiger partial charge in [-0.25, -0.2) is 9.37 Å². The van der Waals surface area contributed by atoms with Crippen molar-refractivity contribution < 1.29 is 4.39 Å². The van der Waals surface area contributed by atoms with Crippen LogP contribution in [0.2, 0.25) is 0 Å². The molecule has 1 aromatic heterocycles. The lowest BCUT2D eigenvalue weighted by molar-refractivity contribution is 0.571. The molecule has 0 aromatic carbocycles. The van der Waals surface area contributed by atoms with E-state index in [-0.39, 0.29) is 5.82 Å². The molecule has 2 atom stereocenters. The van der Waals surface area contributed by atoms with Gasteiger partial charge in [-0.05, 0) is 28.9 Å². The van der Waals surface area contributed by atoms with E-state index in [0.717, 1.165) is 12.3 Å². The van der Waals surface area contributed by atoms with Crippen molar-refractivity contribution in [2.75, 3.05) is 17.2 Å². The third-order valence-electron chi connectivity index (χ3n) is 2.94. The third-order valence-corrected chi connectivity index (χ3v) is 4.72. The lowest BCUT2D eigenvalue weighted by atomic mass is 10.2. The topological polar surface area (TPSA) is 16.1 Å². The zero-order valence-corrected chi connectivity index (χ0v) is 11.7. The van der Waals surface area contributed by atoms with Crippen LogP contribution in [0.3, 0.4) is 0 Å². The van der Waals surface area contributed by atoms with Crippen molar-refractivity contribution in [2.45, 2.75) is 25.1 Å². The Balaban J connectivity index is 2.29. The van der Waals surface area contributed by atoms with Crippen LogP contribution in [-0.2, 0) is 0 Å². The van der Waals surface area contributed by atoms with Crippen LogP contribution in [0.1, 0.15) is 13.8 Å². The van der Waals surface area contributed by atoms with Crippen molar-refractivity contribution in [3.8, 4) is 0 Å². The predicted octanol–water partition coefficient (Wildman–Crippen LogP) is 3.31. The summed E-state index contributed by atoms with van der Waals surface area (Å²) in [4.78, 5) is 6.24. The average Bonchev–Trinajstić information content (AvgIpc) is 2.23. The molecule has 0 saturated carbocycles. The molecule has 5 heteroatoms. The van der Waals surface area contributed by atoms with Crippen LogP contribution in [0.5, 0.6) is 0 Å². The van der Waals surface area contributed by atoms with Gasteiger partial charge in [-0.1, -0.05) is 6.92 Å². The van der Waals surface area contributed by atoms with Crippen molar-refractivity contribution in [1.29, 1.82) is 0 Å². The highest BCUT2D eigenvalue weighted by atomic mass is 79.9. The van der Waals surface area contributed by atoms with Gasteiger partial charge in [0.05, 0.1) is 0 Å². The first-order chi connectivity index (χ1) is 7.59. The summed E-state index contributed by atoms with van der Waals surface area (Å²) in [6, 6.07) is 1.79. The zero-order chi connectivity index (χ0) is 11.7. The van der Waals surface area contributed by atoms with Crippen molar-refractivity contribution in [3.63, 3.8) is 0 Å². The van der Waals surface area contributed by atoms with Crippen LogP contribution in [0, 0.1) is 5.82 Å². The fourth-order valence-corrected chi connectivity index (χ4v) is 3.25. The molecular weight excluding hydrogens is 291 g/mol. The van der Waals surface area contributed by atoms with Crippen molar-refractivity contribution in [2.24, 2.45) is 0 Å². The smallest absolute Gasteiger partial charge is 0.166 e. The Hall–Kier alpha value is -0.290. The van der Waals surface area contributed by atoms with Gasteiger partial charge in [-0.2, -0.15) is 11.8 Å². The normalized spacial score (nSPS) is 25.9. The Bertz CT molecular complexity index is 388. The van der Waals surface area contributed by atoms with E-state index >= 15 is 0 Å². The molecule has 2 rings (SSSR count). The second-order valence-electron chi connectivity index (χ2n) is 3.97. The second kappa shape index (κ2) is 4.92. The minimum Gasteiger partial charge on any atom is -0.350 e. The lowest BCUT2D eigenvalue weighted by Gasteiger charge is -2.38. The number of hydrogen-bond acceptors (Lipinski definition) is 3. The molecule has 0 radical (unpaired) electrons. The molecule has 0 bridgehead atoms. The maximum Gasteiger partial charge on any atom is 0.166 e. The van der Waals surface area contributed by atoms with Crippen molar-refractivity contribution in [1.82, 2.24) is 4.98 Å². The summed E-state index contributed by atoms with van der Waals surface area (Å²) in [5.74, 6) is 1.26. The van der Waals surface area contributed by atoms with E-state index in [1.165, 1.54) is 6.07 Å². The maximum absolute atomic E-state index is 13.8. The van der Waals surface area contributed by atoms with E-state index in [1.807, 2.05) is 11.8 Å². The Labute approximate surface area is 108 Å². The molecule has 1 saturated heterocycles. The number of hydrogen-bond donors (Lipinski definition) is 0.